The van der Waals surface area contributed by atoms with E-state index in [1.807, 2.05) is 13.1 Å². The van der Waals surface area contributed by atoms with Gasteiger partial charge < -0.3 is 15.0 Å². The minimum Gasteiger partial charge on any atom is -0.481 e. The molecule has 3 rings (SSSR count). The van der Waals surface area contributed by atoms with E-state index in [1.165, 1.54) is 0 Å². The quantitative estimate of drug-likeness (QED) is 0.856. The summed E-state index contributed by atoms with van der Waals surface area (Å²) in [6.07, 6.45) is 4.82. The number of carboxylic acid groups (broad SMARTS) is 1. The number of hydrogen-bond donors (Lipinski definition) is 2. The lowest BCUT2D eigenvalue weighted by molar-refractivity contribution is -0.142. The average Bonchev–Trinajstić information content (AvgIpc) is 2.81. The number of fused-ring (bicyclic) bond motifs is 1. The number of anilines is 1. The van der Waals surface area contributed by atoms with Crippen LogP contribution < -0.4 is 4.90 Å². The third kappa shape index (κ3) is 2.03. The second-order valence-electron chi connectivity index (χ2n) is 4.99. The Bertz CT molecular complexity index is 614. The van der Waals surface area contributed by atoms with Crippen LogP contribution in [-0.2, 0) is 4.79 Å². The minimum atomic E-state index is -0.690. The van der Waals surface area contributed by atoms with Crippen LogP contribution in [0, 0.1) is 12.8 Å². The number of nitrogens with one attached hydrogen (secondary N) is 1. The number of rotatable bonds is 2. The van der Waals surface area contributed by atoms with Crippen molar-refractivity contribution in [2.75, 3.05) is 18.0 Å². The number of H-pyrrole nitrogens is 1. The molecule has 100 valence electrons. The lowest BCUT2D eigenvalue weighted by atomic mass is 9.97. The first-order chi connectivity index (χ1) is 9.16. The van der Waals surface area contributed by atoms with Gasteiger partial charge in [-0.1, -0.05) is 0 Å². The Balaban J connectivity index is 1.90. The SMILES string of the molecule is Cc1c[nH]c2ncnc(N3CCC(C(=O)O)CC3)c12. The van der Waals surface area contributed by atoms with E-state index in [0.29, 0.717) is 12.8 Å². The van der Waals surface area contributed by atoms with Crippen molar-refractivity contribution in [3.63, 3.8) is 0 Å². The Morgan fingerprint density at radius 2 is 2.16 bits per heavy atom. The van der Waals surface area contributed by atoms with E-state index in [0.717, 1.165) is 35.5 Å². The predicted molar refractivity (Wildman–Crippen MR) is 71.2 cm³/mol. The molecule has 0 aromatic carbocycles. The predicted octanol–water partition coefficient (Wildman–Crippen LogP) is 1.57. The number of carbonyl (C=O) groups is 1. The number of nitrogens with zero attached hydrogens (tertiary/aromatic N) is 3. The van der Waals surface area contributed by atoms with Crippen LogP contribution in [0.2, 0.25) is 0 Å². The van der Waals surface area contributed by atoms with Crippen LogP contribution in [0.15, 0.2) is 12.5 Å². The van der Waals surface area contributed by atoms with Crippen LogP contribution in [0.3, 0.4) is 0 Å². The second kappa shape index (κ2) is 4.53. The maximum absolute atomic E-state index is 11.0. The first kappa shape index (κ1) is 12.0. The van der Waals surface area contributed by atoms with Crippen molar-refractivity contribution in [2.24, 2.45) is 5.92 Å². The highest BCUT2D eigenvalue weighted by Crippen LogP contribution is 2.29. The van der Waals surface area contributed by atoms with E-state index in [1.54, 1.807) is 6.33 Å². The van der Waals surface area contributed by atoms with Gasteiger partial charge in [0.05, 0.1) is 11.3 Å². The smallest absolute Gasteiger partial charge is 0.306 e. The number of piperidine rings is 1. The van der Waals surface area contributed by atoms with Gasteiger partial charge in [0, 0.05) is 19.3 Å². The molecule has 19 heavy (non-hydrogen) atoms. The summed E-state index contributed by atoms with van der Waals surface area (Å²) in [6.45, 7) is 3.48. The van der Waals surface area contributed by atoms with Crippen molar-refractivity contribution >= 4 is 22.8 Å². The molecule has 2 N–H and O–H groups in total. The van der Waals surface area contributed by atoms with Gasteiger partial charge in [-0.15, -0.1) is 0 Å². The molecule has 2 aromatic rings. The van der Waals surface area contributed by atoms with Crippen molar-refractivity contribution in [1.82, 2.24) is 15.0 Å². The fourth-order valence-corrected chi connectivity index (χ4v) is 2.68. The van der Waals surface area contributed by atoms with Crippen molar-refractivity contribution in [2.45, 2.75) is 19.8 Å². The van der Waals surface area contributed by atoms with E-state index >= 15 is 0 Å². The van der Waals surface area contributed by atoms with Gasteiger partial charge in [0.1, 0.15) is 17.8 Å². The van der Waals surface area contributed by atoms with Crippen LogP contribution in [0.4, 0.5) is 5.82 Å². The van der Waals surface area contributed by atoms with Gasteiger partial charge in [0.2, 0.25) is 0 Å². The highest BCUT2D eigenvalue weighted by Gasteiger charge is 2.26. The molecule has 0 bridgehead atoms. The molecule has 0 unspecified atom stereocenters. The molecule has 0 radical (unpaired) electrons. The molecule has 3 heterocycles. The molecule has 1 fully saturated rings. The standard InChI is InChI=1S/C13H16N4O2/c1-8-6-14-11-10(8)12(16-7-15-11)17-4-2-9(3-5-17)13(18)19/h6-7,9H,2-5H2,1H3,(H,18,19)(H,14,15,16). The lowest BCUT2D eigenvalue weighted by Crippen LogP contribution is -2.36. The van der Waals surface area contributed by atoms with E-state index < -0.39 is 5.97 Å². The summed E-state index contributed by atoms with van der Waals surface area (Å²) in [7, 11) is 0. The Hall–Kier alpha value is -2.11. The summed E-state index contributed by atoms with van der Waals surface area (Å²) in [5.41, 5.74) is 1.95. The van der Waals surface area contributed by atoms with Crippen molar-refractivity contribution in [3.05, 3.63) is 18.1 Å². The number of aliphatic carboxylic acids is 1. The zero-order chi connectivity index (χ0) is 13.4. The lowest BCUT2D eigenvalue weighted by Gasteiger charge is -2.31. The topological polar surface area (TPSA) is 82.1 Å². The van der Waals surface area contributed by atoms with E-state index in [9.17, 15) is 4.79 Å². The Morgan fingerprint density at radius 3 is 2.84 bits per heavy atom. The normalized spacial score (nSPS) is 17.0. The number of aromatic nitrogens is 3. The van der Waals surface area contributed by atoms with Crippen molar-refractivity contribution in [1.29, 1.82) is 0 Å². The molecular weight excluding hydrogens is 244 g/mol. The van der Waals surface area contributed by atoms with E-state index in [2.05, 4.69) is 19.9 Å². The van der Waals surface area contributed by atoms with Crippen molar-refractivity contribution in [3.8, 4) is 0 Å². The van der Waals surface area contributed by atoms with Crippen LogP contribution in [0.1, 0.15) is 18.4 Å². The fourth-order valence-electron chi connectivity index (χ4n) is 2.68. The molecule has 1 aliphatic heterocycles. The Morgan fingerprint density at radius 1 is 1.42 bits per heavy atom. The monoisotopic (exact) mass is 260 g/mol. The first-order valence-electron chi connectivity index (χ1n) is 6.43. The number of carboxylic acids is 1. The molecule has 0 atom stereocenters. The second-order valence-corrected chi connectivity index (χ2v) is 4.99. The third-order valence-corrected chi connectivity index (χ3v) is 3.79. The van der Waals surface area contributed by atoms with Gasteiger partial charge >= 0.3 is 5.97 Å². The summed E-state index contributed by atoms with van der Waals surface area (Å²) >= 11 is 0. The third-order valence-electron chi connectivity index (χ3n) is 3.79. The number of hydrogen-bond acceptors (Lipinski definition) is 4. The molecule has 6 nitrogen and oxygen atoms in total. The van der Waals surface area contributed by atoms with E-state index in [-0.39, 0.29) is 5.92 Å². The van der Waals surface area contributed by atoms with Crippen LogP contribution in [0.25, 0.3) is 11.0 Å². The molecule has 1 saturated heterocycles. The Labute approximate surface area is 110 Å². The first-order valence-corrected chi connectivity index (χ1v) is 6.43. The van der Waals surface area contributed by atoms with Gasteiger partial charge in [-0.3, -0.25) is 4.79 Å². The van der Waals surface area contributed by atoms with Gasteiger partial charge in [-0.25, -0.2) is 9.97 Å². The number of aryl methyl sites for hydroxylation is 1. The highest BCUT2D eigenvalue weighted by atomic mass is 16.4. The molecule has 2 aromatic heterocycles. The van der Waals surface area contributed by atoms with Crippen LogP contribution in [0.5, 0.6) is 0 Å². The fraction of sp³-hybridized carbons (Fsp3) is 0.462. The molecule has 6 heteroatoms. The van der Waals surface area contributed by atoms with Gasteiger partial charge in [0.15, 0.2) is 0 Å². The summed E-state index contributed by atoms with van der Waals surface area (Å²) in [6, 6.07) is 0. The van der Waals surface area contributed by atoms with Crippen LogP contribution in [-0.4, -0.2) is 39.1 Å². The highest BCUT2D eigenvalue weighted by molar-refractivity contribution is 5.90. The molecule has 0 amide bonds. The molecule has 0 saturated carbocycles. The van der Waals surface area contributed by atoms with Crippen molar-refractivity contribution < 1.29 is 9.90 Å². The zero-order valence-electron chi connectivity index (χ0n) is 10.8. The van der Waals surface area contributed by atoms with Gasteiger partial charge in [-0.05, 0) is 25.3 Å². The summed E-state index contributed by atoms with van der Waals surface area (Å²) in [4.78, 5) is 24.8. The summed E-state index contributed by atoms with van der Waals surface area (Å²) < 4.78 is 0. The number of aromatic amines is 1. The van der Waals surface area contributed by atoms with E-state index in [4.69, 9.17) is 5.11 Å². The summed E-state index contributed by atoms with van der Waals surface area (Å²) in [5, 5.41) is 10.1. The molecule has 1 aliphatic rings. The molecule has 0 aliphatic carbocycles. The van der Waals surface area contributed by atoms with Gasteiger partial charge in [-0.2, -0.15) is 0 Å². The largest absolute Gasteiger partial charge is 0.481 e. The molecule has 0 spiro atoms. The maximum atomic E-state index is 11.0. The van der Waals surface area contributed by atoms with Gasteiger partial charge in [0.25, 0.3) is 0 Å². The molecular formula is C13H16N4O2. The zero-order valence-corrected chi connectivity index (χ0v) is 10.8. The Kier molecular flexibility index (Phi) is 2.85. The van der Waals surface area contributed by atoms with Crippen LogP contribution >= 0.6 is 0 Å². The summed E-state index contributed by atoms with van der Waals surface area (Å²) in [5.74, 6) is -0.00111. The average molecular weight is 260 g/mol. The maximum Gasteiger partial charge on any atom is 0.306 e. The minimum absolute atomic E-state index is 0.221.